The summed E-state index contributed by atoms with van der Waals surface area (Å²) >= 11 is 0. The molecular formula is C42H74N2O11. The van der Waals surface area contributed by atoms with Gasteiger partial charge in [-0.05, 0) is 86.2 Å². The number of nitrogens with zero attached hydrogens (tertiary/aromatic N) is 2. The Morgan fingerprint density at radius 3 is 2.25 bits per heavy atom. The second-order valence-electron chi connectivity index (χ2n) is 17.9. The maximum atomic E-state index is 14.5. The van der Waals surface area contributed by atoms with Gasteiger partial charge in [0.15, 0.2) is 18.2 Å². The number of aliphatic hydroxyl groups is 1. The number of amides is 1. The Hall–Kier alpha value is -1.71. The highest BCUT2D eigenvalue weighted by atomic mass is 16.7. The Kier molecular flexibility index (Phi) is 16.6. The van der Waals surface area contributed by atoms with Crippen LogP contribution in [0.2, 0.25) is 0 Å². The summed E-state index contributed by atoms with van der Waals surface area (Å²) in [5, 5.41) is 9.58. The maximum Gasteiger partial charge on any atom is 0.410 e. The van der Waals surface area contributed by atoms with Gasteiger partial charge in [0.1, 0.15) is 12.1 Å². The number of ketones is 1. The molecular weight excluding hydrogens is 708 g/mol. The lowest BCUT2D eigenvalue weighted by Crippen LogP contribution is -2.59. The highest BCUT2D eigenvalue weighted by molar-refractivity contribution is 5.86. The molecule has 4 aliphatic rings. The summed E-state index contributed by atoms with van der Waals surface area (Å²) in [6, 6.07) is -0.338. The third-order valence-corrected chi connectivity index (χ3v) is 13.2. The van der Waals surface area contributed by atoms with Gasteiger partial charge < -0.3 is 52.9 Å². The lowest BCUT2D eigenvalue weighted by molar-refractivity contribution is -0.279. The standard InChI is InChI=1S/C42H74N2O11/c1-13-33(49-11)42(8)39(44(40(48)55-42)16-14-15-17-45)32-20-30(18-25(2)36(32)47)38(53-34-21-31(43(9)10)19-27(4)51-34)29(6)37(26(3)24-46)54-35-23-41(7,50-12)22-28(5)52-35/h24-35,37-39,45H,13-23H2,1-12H3/t25-,26?,27?,28?,29?,30?,31?,32+,33?,34?,35?,37?,38-,39?,41+,42-/m1/s1. The minimum absolute atomic E-state index is 0.00730. The zero-order valence-electron chi connectivity index (χ0n) is 35.9. The number of rotatable bonds is 19. The van der Waals surface area contributed by atoms with Crippen molar-refractivity contribution in [2.24, 2.45) is 29.6 Å². The summed E-state index contributed by atoms with van der Waals surface area (Å²) in [5.41, 5.74) is -1.53. The van der Waals surface area contributed by atoms with Crippen molar-refractivity contribution in [3.63, 3.8) is 0 Å². The molecule has 0 radical (unpaired) electrons. The molecule has 4 rings (SSSR count). The Labute approximate surface area is 330 Å². The molecule has 13 nitrogen and oxygen atoms in total. The molecule has 55 heavy (non-hydrogen) atoms. The molecule has 1 N–H and O–H groups in total. The van der Waals surface area contributed by atoms with Gasteiger partial charge in [0.2, 0.25) is 0 Å². The van der Waals surface area contributed by atoms with Crippen molar-refractivity contribution in [2.45, 2.75) is 180 Å². The SMILES string of the molecule is CCC(OC)[C@@]1(C)OC(=O)N(CCCCO)C1[C@H]1CC([C@H](OC2CC(N(C)C)CC(C)O2)C(C)C(OC2C[C@@](C)(OC)CC(C)O2)C(C)C=O)C[C@@H](C)C1=O. The molecule has 1 aliphatic carbocycles. The lowest BCUT2D eigenvalue weighted by atomic mass is 9.65. The summed E-state index contributed by atoms with van der Waals surface area (Å²) in [4.78, 5) is 44.8. The first kappa shape index (κ1) is 46.0. The van der Waals surface area contributed by atoms with Gasteiger partial charge in [0.05, 0.1) is 42.2 Å². The number of ether oxygens (including phenoxy) is 7. The second kappa shape index (κ2) is 19.8. The number of carbonyl (C=O) groups excluding carboxylic acids is 3. The predicted octanol–water partition coefficient (Wildman–Crippen LogP) is 5.62. The van der Waals surface area contributed by atoms with Gasteiger partial charge in [0, 0.05) is 76.3 Å². The molecule has 11 unspecified atom stereocenters. The third-order valence-electron chi connectivity index (χ3n) is 13.2. The van der Waals surface area contributed by atoms with Crippen LogP contribution in [0.4, 0.5) is 4.79 Å². The summed E-state index contributed by atoms with van der Waals surface area (Å²) in [7, 11) is 7.47. The number of unbranched alkanes of at least 4 members (excludes halogenated alkanes) is 1. The minimum Gasteiger partial charge on any atom is -0.438 e. The Morgan fingerprint density at radius 1 is 0.964 bits per heavy atom. The molecule has 3 aliphatic heterocycles. The van der Waals surface area contributed by atoms with E-state index in [1.165, 1.54) is 0 Å². The van der Waals surface area contributed by atoms with Crippen molar-refractivity contribution in [1.29, 1.82) is 0 Å². The van der Waals surface area contributed by atoms with Crippen molar-refractivity contribution in [2.75, 3.05) is 41.5 Å². The number of carbonyl (C=O) groups is 3. The van der Waals surface area contributed by atoms with Gasteiger partial charge in [-0.15, -0.1) is 0 Å². The Bertz CT molecular complexity index is 1250. The highest BCUT2D eigenvalue weighted by Gasteiger charge is 2.61. The largest absolute Gasteiger partial charge is 0.438 e. The normalized spacial score (nSPS) is 38.7. The van der Waals surface area contributed by atoms with Crippen LogP contribution >= 0.6 is 0 Å². The number of cyclic esters (lactones) is 1. The van der Waals surface area contributed by atoms with Gasteiger partial charge in [-0.2, -0.15) is 0 Å². The first-order chi connectivity index (χ1) is 25.9. The van der Waals surface area contributed by atoms with Crippen LogP contribution in [0, 0.1) is 29.6 Å². The second-order valence-corrected chi connectivity index (χ2v) is 17.9. The van der Waals surface area contributed by atoms with Crippen LogP contribution in [-0.2, 0) is 42.7 Å². The molecule has 0 aromatic rings. The van der Waals surface area contributed by atoms with E-state index in [-0.39, 0.29) is 48.4 Å². The van der Waals surface area contributed by atoms with E-state index in [1.807, 2.05) is 34.6 Å². The van der Waals surface area contributed by atoms with E-state index in [9.17, 15) is 19.5 Å². The van der Waals surface area contributed by atoms with Crippen molar-refractivity contribution in [1.82, 2.24) is 9.80 Å². The summed E-state index contributed by atoms with van der Waals surface area (Å²) in [6.45, 7) is 16.3. The van der Waals surface area contributed by atoms with Crippen molar-refractivity contribution < 1.29 is 52.6 Å². The van der Waals surface area contributed by atoms with Gasteiger partial charge in [0.25, 0.3) is 0 Å². The number of Topliss-reactive ketones (excluding diaryl/α,β-unsaturated/α-hetero) is 1. The summed E-state index contributed by atoms with van der Waals surface area (Å²) in [5.74, 6) is -1.80. The zero-order chi connectivity index (χ0) is 40.8. The fourth-order valence-electron chi connectivity index (χ4n) is 10.3. The first-order valence-corrected chi connectivity index (χ1v) is 20.9. The van der Waals surface area contributed by atoms with Crippen molar-refractivity contribution >= 4 is 18.2 Å². The van der Waals surface area contributed by atoms with E-state index in [2.05, 4.69) is 39.8 Å². The fraction of sp³-hybridized carbons (Fsp3) is 0.929. The minimum atomic E-state index is -1.09. The van der Waals surface area contributed by atoms with E-state index >= 15 is 0 Å². The average molecular weight is 783 g/mol. The van der Waals surface area contributed by atoms with E-state index in [4.69, 9.17) is 33.2 Å². The van der Waals surface area contributed by atoms with E-state index < -0.39 is 66.1 Å². The molecule has 0 spiro atoms. The molecule has 16 atom stereocenters. The number of aliphatic hydroxyl groups excluding tert-OH is 1. The van der Waals surface area contributed by atoms with Crippen LogP contribution in [0.3, 0.4) is 0 Å². The van der Waals surface area contributed by atoms with E-state index in [0.29, 0.717) is 51.5 Å². The van der Waals surface area contributed by atoms with Gasteiger partial charge >= 0.3 is 6.09 Å². The van der Waals surface area contributed by atoms with Crippen LogP contribution in [-0.4, -0.2) is 141 Å². The van der Waals surface area contributed by atoms with Crippen LogP contribution in [0.25, 0.3) is 0 Å². The number of hydrogen-bond donors (Lipinski definition) is 1. The number of aldehydes is 1. The molecule has 0 aromatic carbocycles. The van der Waals surface area contributed by atoms with E-state index in [0.717, 1.165) is 19.1 Å². The van der Waals surface area contributed by atoms with Crippen LogP contribution in [0.15, 0.2) is 0 Å². The molecule has 3 saturated heterocycles. The molecule has 0 aromatic heterocycles. The van der Waals surface area contributed by atoms with Gasteiger partial charge in [-0.25, -0.2) is 4.79 Å². The maximum absolute atomic E-state index is 14.5. The quantitative estimate of drug-likeness (QED) is 0.128. The lowest BCUT2D eigenvalue weighted by Gasteiger charge is -2.48. The average Bonchev–Trinajstić information content (AvgIpc) is 3.38. The molecule has 0 bridgehead atoms. The number of hydrogen-bond acceptors (Lipinski definition) is 12. The highest BCUT2D eigenvalue weighted by Crippen LogP contribution is 2.47. The zero-order valence-corrected chi connectivity index (χ0v) is 35.9. The first-order valence-electron chi connectivity index (χ1n) is 20.9. The Morgan fingerprint density at radius 2 is 1.65 bits per heavy atom. The van der Waals surface area contributed by atoms with Crippen LogP contribution < -0.4 is 0 Å². The Balaban J connectivity index is 1.76. The van der Waals surface area contributed by atoms with Gasteiger partial charge in [-0.1, -0.05) is 27.7 Å². The molecule has 3 heterocycles. The molecule has 1 amide bonds. The number of methoxy groups -OCH3 is 2. The topological polar surface area (TPSA) is 143 Å². The molecule has 4 fully saturated rings. The molecule has 318 valence electrons. The predicted molar refractivity (Wildman–Crippen MR) is 207 cm³/mol. The van der Waals surface area contributed by atoms with Gasteiger partial charge in [-0.3, -0.25) is 4.79 Å². The van der Waals surface area contributed by atoms with Crippen LogP contribution in [0.5, 0.6) is 0 Å². The fourth-order valence-corrected chi connectivity index (χ4v) is 10.3. The molecule has 1 saturated carbocycles. The summed E-state index contributed by atoms with van der Waals surface area (Å²) < 4.78 is 44.9. The molecule has 13 heteroatoms. The summed E-state index contributed by atoms with van der Waals surface area (Å²) in [6.07, 6.45) is 3.20. The van der Waals surface area contributed by atoms with Crippen molar-refractivity contribution in [3.05, 3.63) is 0 Å². The van der Waals surface area contributed by atoms with Crippen molar-refractivity contribution in [3.8, 4) is 0 Å². The smallest absolute Gasteiger partial charge is 0.410 e. The van der Waals surface area contributed by atoms with E-state index in [1.54, 1.807) is 19.1 Å². The third kappa shape index (κ3) is 10.7. The monoisotopic (exact) mass is 783 g/mol. The van der Waals surface area contributed by atoms with Crippen LogP contribution in [0.1, 0.15) is 113 Å².